The van der Waals surface area contributed by atoms with Crippen molar-refractivity contribution in [2.45, 2.75) is 6.54 Å². The summed E-state index contributed by atoms with van der Waals surface area (Å²) < 4.78 is 0. The van der Waals surface area contributed by atoms with E-state index in [-0.39, 0.29) is 0 Å². The third kappa shape index (κ3) is 3.25. The Morgan fingerprint density at radius 1 is 0.821 bits per heavy atom. The van der Waals surface area contributed by atoms with Gasteiger partial charge in [0.2, 0.25) is 0 Å². The van der Waals surface area contributed by atoms with Gasteiger partial charge < -0.3 is 15.3 Å². The van der Waals surface area contributed by atoms with Crippen LogP contribution in [0.1, 0.15) is 5.56 Å². The minimum absolute atomic E-state index is 0.752. The number of aromatic nitrogens is 4. The molecule has 0 atom stereocenters. The van der Waals surface area contributed by atoms with Crippen molar-refractivity contribution in [2.75, 3.05) is 5.32 Å². The molecule has 0 fully saturated rings. The van der Waals surface area contributed by atoms with Gasteiger partial charge in [-0.3, -0.25) is 0 Å². The fraction of sp³-hybridized carbons (Fsp3) is 0.0435. The summed E-state index contributed by atoms with van der Waals surface area (Å²) in [7, 11) is 0. The molecule has 136 valence electrons. The molecule has 5 nitrogen and oxygen atoms in total. The number of imidazole rings is 2. The van der Waals surface area contributed by atoms with Crippen LogP contribution in [-0.2, 0) is 6.54 Å². The number of nitrogens with one attached hydrogen (secondary N) is 3. The largest absolute Gasteiger partial charge is 0.381 e. The Balaban J connectivity index is 1.31. The Bertz CT molecular complexity index is 1170. The standard InChI is InChI=1S/C23H19N5/c1-2-7-21-20(6-1)27-23(28-21)18-4-3-5-19(14-18)26-15-16-8-10-17(11-9-16)22-24-12-13-25-22/h1-14,26H,15H2,(H,24,25)(H,27,28). The van der Waals surface area contributed by atoms with Gasteiger partial charge in [0.15, 0.2) is 0 Å². The second kappa shape index (κ2) is 7.04. The number of rotatable bonds is 5. The van der Waals surface area contributed by atoms with Crippen molar-refractivity contribution < 1.29 is 0 Å². The second-order valence-electron chi connectivity index (χ2n) is 6.67. The summed E-state index contributed by atoms with van der Waals surface area (Å²) in [6, 6.07) is 24.8. The van der Waals surface area contributed by atoms with Crippen LogP contribution in [0, 0.1) is 0 Å². The number of fused-ring (bicyclic) bond motifs is 1. The molecule has 0 aliphatic rings. The minimum atomic E-state index is 0.752. The maximum atomic E-state index is 4.68. The molecule has 0 saturated heterocycles. The van der Waals surface area contributed by atoms with Gasteiger partial charge in [0.05, 0.1) is 11.0 Å². The number of hydrogen-bond acceptors (Lipinski definition) is 3. The molecule has 0 spiro atoms. The van der Waals surface area contributed by atoms with Crippen molar-refractivity contribution in [1.82, 2.24) is 19.9 Å². The van der Waals surface area contributed by atoms with E-state index < -0.39 is 0 Å². The number of H-pyrrole nitrogens is 2. The Morgan fingerprint density at radius 2 is 1.71 bits per heavy atom. The smallest absolute Gasteiger partial charge is 0.138 e. The molecule has 3 aromatic carbocycles. The van der Waals surface area contributed by atoms with Crippen molar-refractivity contribution in [1.29, 1.82) is 0 Å². The molecule has 5 aromatic rings. The van der Waals surface area contributed by atoms with E-state index in [1.807, 2.05) is 36.5 Å². The maximum absolute atomic E-state index is 4.68. The SMILES string of the molecule is c1cc(NCc2ccc(-c3ncc[nH]3)cc2)cc(-c2nc3ccccc3[nH]2)c1. The Kier molecular flexibility index (Phi) is 4.10. The predicted octanol–water partition coefficient (Wildman–Crippen LogP) is 5.23. The minimum Gasteiger partial charge on any atom is -0.381 e. The summed E-state index contributed by atoms with van der Waals surface area (Å²) >= 11 is 0. The van der Waals surface area contributed by atoms with Crippen LogP contribution in [-0.4, -0.2) is 19.9 Å². The summed E-state index contributed by atoms with van der Waals surface area (Å²) in [4.78, 5) is 15.5. The number of anilines is 1. The molecule has 0 saturated carbocycles. The highest BCUT2D eigenvalue weighted by atomic mass is 14.9. The number of nitrogens with zero attached hydrogens (tertiary/aromatic N) is 2. The van der Waals surface area contributed by atoms with E-state index in [1.54, 1.807) is 6.20 Å². The van der Waals surface area contributed by atoms with Gasteiger partial charge in [0.1, 0.15) is 11.6 Å². The molecule has 0 unspecified atom stereocenters. The number of hydrogen-bond donors (Lipinski definition) is 3. The molecule has 28 heavy (non-hydrogen) atoms. The summed E-state index contributed by atoms with van der Waals surface area (Å²) in [6.07, 6.45) is 3.60. The number of benzene rings is 3. The van der Waals surface area contributed by atoms with Gasteiger partial charge in [0, 0.05) is 35.8 Å². The summed E-state index contributed by atoms with van der Waals surface area (Å²) in [5.41, 5.74) is 6.45. The third-order valence-electron chi connectivity index (χ3n) is 4.75. The molecule has 0 bridgehead atoms. The van der Waals surface area contributed by atoms with Gasteiger partial charge in [-0.15, -0.1) is 0 Å². The van der Waals surface area contributed by atoms with Gasteiger partial charge in [-0.25, -0.2) is 9.97 Å². The monoisotopic (exact) mass is 365 g/mol. The Morgan fingerprint density at radius 3 is 2.54 bits per heavy atom. The lowest BCUT2D eigenvalue weighted by Gasteiger charge is -2.08. The first kappa shape index (κ1) is 16.3. The van der Waals surface area contributed by atoms with Crippen molar-refractivity contribution in [3.05, 3.63) is 90.8 Å². The van der Waals surface area contributed by atoms with E-state index in [0.29, 0.717) is 0 Å². The summed E-state index contributed by atoms with van der Waals surface area (Å²) in [5, 5.41) is 3.49. The van der Waals surface area contributed by atoms with Crippen molar-refractivity contribution in [3.63, 3.8) is 0 Å². The second-order valence-corrected chi connectivity index (χ2v) is 6.67. The van der Waals surface area contributed by atoms with Crippen LogP contribution in [0.2, 0.25) is 0 Å². The molecule has 0 amide bonds. The van der Waals surface area contributed by atoms with Gasteiger partial charge >= 0.3 is 0 Å². The summed E-state index contributed by atoms with van der Waals surface area (Å²) in [6.45, 7) is 0.752. The zero-order valence-electron chi connectivity index (χ0n) is 15.2. The van der Waals surface area contributed by atoms with Crippen LogP contribution in [0.25, 0.3) is 33.8 Å². The molecule has 5 rings (SSSR count). The molecule has 5 heteroatoms. The van der Waals surface area contributed by atoms with Crippen LogP contribution < -0.4 is 5.32 Å². The van der Waals surface area contributed by atoms with Gasteiger partial charge in [-0.2, -0.15) is 0 Å². The van der Waals surface area contributed by atoms with E-state index in [1.165, 1.54) is 5.56 Å². The lowest BCUT2D eigenvalue weighted by Crippen LogP contribution is -1.99. The maximum Gasteiger partial charge on any atom is 0.138 e. The first-order chi connectivity index (χ1) is 13.8. The van der Waals surface area contributed by atoms with Crippen LogP contribution in [0.4, 0.5) is 5.69 Å². The molecule has 0 aliphatic heterocycles. The van der Waals surface area contributed by atoms with E-state index in [2.05, 4.69) is 67.7 Å². The zero-order chi connectivity index (χ0) is 18.8. The Labute approximate surface area is 162 Å². The molecule has 0 aliphatic carbocycles. The van der Waals surface area contributed by atoms with Crippen molar-refractivity contribution in [2.24, 2.45) is 0 Å². The fourth-order valence-electron chi connectivity index (χ4n) is 3.27. The highest BCUT2D eigenvalue weighted by Gasteiger charge is 2.06. The number of para-hydroxylation sites is 2. The van der Waals surface area contributed by atoms with E-state index in [0.717, 1.165) is 46.0 Å². The van der Waals surface area contributed by atoms with Crippen molar-refractivity contribution >= 4 is 16.7 Å². The average Bonchev–Trinajstić information content (AvgIpc) is 3.43. The first-order valence-electron chi connectivity index (χ1n) is 9.23. The zero-order valence-corrected chi connectivity index (χ0v) is 15.2. The van der Waals surface area contributed by atoms with Crippen LogP contribution in [0.5, 0.6) is 0 Å². The normalized spacial score (nSPS) is 11.0. The van der Waals surface area contributed by atoms with Gasteiger partial charge in [0.25, 0.3) is 0 Å². The third-order valence-corrected chi connectivity index (χ3v) is 4.75. The van der Waals surface area contributed by atoms with Crippen LogP contribution in [0.3, 0.4) is 0 Å². The molecule has 2 heterocycles. The highest BCUT2D eigenvalue weighted by Crippen LogP contribution is 2.23. The van der Waals surface area contributed by atoms with Crippen LogP contribution in [0.15, 0.2) is 85.2 Å². The molecular formula is C23H19N5. The predicted molar refractivity (Wildman–Crippen MR) is 113 cm³/mol. The first-order valence-corrected chi connectivity index (χ1v) is 9.23. The van der Waals surface area contributed by atoms with Gasteiger partial charge in [-0.1, -0.05) is 48.5 Å². The van der Waals surface area contributed by atoms with E-state index in [4.69, 9.17) is 0 Å². The lowest BCUT2D eigenvalue weighted by molar-refractivity contribution is 1.15. The molecule has 2 aromatic heterocycles. The van der Waals surface area contributed by atoms with E-state index in [9.17, 15) is 0 Å². The fourth-order valence-corrected chi connectivity index (χ4v) is 3.27. The highest BCUT2D eigenvalue weighted by molar-refractivity contribution is 5.79. The van der Waals surface area contributed by atoms with Crippen molar-refractivity contribution in [3.8, 4) is 22.8 Å². The van der Waals surface area contributed by atoms with Gasteiger partial charge in [-0.05, 0) is 29.8 Å². The topological polar surface area (TPSA) is 69.4 Å². The molecular weight excluding hydrogens is 346 g/mol. The quantitative estimate of drug-likeness (QED) is 0.399. The number of aromatic amines is 2. The van der Waals surface area contributed by atoms with Crippen LogP contribution >= 0.6 is 0 Å². The van der Waals surface area contributed by atoms with E-state index >= 15 is 0 Å². The molecule has 0 radical (unpaired) electrons. The summed E-state index contributed by atoms with van der Waals surface area (Å²) in [5.74, 6) is 1.77. The average molecular weight is 365 g/mol. The molecule has 3 N–H and O–H groups in total. The Hall–Kier alpha value is -3.86. The lowest BCUT2D eigenvalue weighted by atomic mass is 10.1.